The molecule has 0 aliphatic carbocycles. The molecule has 0 fully saturated rings. The number of anilines is 2. The molecule has 1 aliphatic heterocycles. The van der Waals surface area contributed by atoms with Crippen LogP contribution in [-0.2, 0) is 19.4 Å². The topological polar surface area (TPSA) is 166 Å². The summed E-state index contributed by atoms with van der Waals surface area (Å²) < 4.78 is 34.4. The van der Waals surface area contributed by atoms with Crippen molar-refractivity contribution in [2.75, 3.05) is 49.9 Å². The molecule has 2 amide bonds. The summed E-state index contributed by atoms with van der Waals surface area (Å²) in [5.74, 6) is -1.24. The van der Waals surface area contributed by atoms with E-state index in [2.05, 4.69) is 22.5 Å². The van der Waals surface area contributed by atoms with Crippen molar-refractivity contribution in [1.29, 1.82) is 0 Å². The molecule has 0 saturated heterocycles. The van der Waals surface area contributed by atoms with Gasteiger partial charge in [0.25, 0.3) is 5.91 Å². The fourth-order valence-electron chi connectivity index (χ4n) is 6.04. The van der Waals surface area contributed by atoms with Crippen molar-refractivity contribution in [3.05, 3.63) is 78.4 Å². The molecular formula is C36H47N3O8S2. The molecule has 0 bridgehead atoms. The molecule has 11 nitrogen and oxygen atoms in total. The molecule has 266 valence electrons. The molecule has 2 atom stereocenters. The summed E-state index contributed by atoms with van der Waals surface area (Å²) >= 11 is 1.36. The van der Waals surface area contributed by atoms with Crippen LogP contribution in [0.3, 0.4) is 0 Å². The lowest BCUT2D eigenvalue weighted by Gasteiger charge is -2.36. The number of aliphatic hydroxyl groups is 3. The molecule has 0 spiro atoms. The van der Waals surface area contributed by atoms with Crippen molar-refractivity contribution >= 4 is 44.8 Å². The second-order valence-electron chi connectivity index (χ2n) is 12.6. The number of fused-ring (bicyclic) bond motifs is 1. The Bertz CT molecular complexity index is 1660. The van der Waals surface area contributed by atoms with Crippen LogP contribution in [-0.4, -0.2) is 86.1 Å². The van der Waals surface area contributed by atoms with E-state index in [4.69, 9.17) is 4.74 Å². The van der Waals surface area contributed by atoms with Crippen molar-refractivity contribution in [2.45, 2.75) is 60.9 Å². The third kappa shape index (κ3) is 8.95. The smallest absolute Gasteiger partial charge is 0.258 e. The SMILES string of the molecule is CCCCC1(CC)CN(c2ccccc2)c2cc(SC)c(OCC(=O)N[C@@H](C(=O)NC(CO)(CO)CO)c3ccccc3)cc2S(=O)(=O)C1. The van der Waals surface area contributed by atoms with Crippen molar-refractivity contribution in [1.82, 2.24) is 10.6 Å². The standard InChI is InChI=1S/C36H47N3O8S2/c1-4-6-17-35(5-2)21-39(27-15-11-8-12-16-27)28-18-30(48-3)29(19-31(28)49(45,46)25-35)47-20-32(43)37-33(26-13-9-7-10-14-26)34(44)38-36(22-40,23-41)24-42/h7-16,18-19,33,40-42H,4-6,17,20-25H2,1-3H3,(H,37,43)(H,38,44)/t33-,35?/m1/s1. The van der Waals surface area contributed by atoms with Gasteiger partial charge in [0.15, 0.2) is 16.4 Å². The van der Waals surface area contributed by atoms with Gasteiger partial charge in [-0.2, -0.15) is 0 Å². The second-order valence-corrected chi connectivity index (χ2v) is 15.4. The molecule has 1 heterocycles. The van der Waals surface area contributed by atoms with E-state index in [0.717, 1.165) is 24.9 Å². The van der Waals surface area contributed by atoms with Gasteiger partial charge in [0.2, 0.25) is 5.91 Å². The molecule has 1 aliphatic rings. The molecule has 0 saturated carbocycles. The van der Waals surface area contributed by atoms with Crippen molar-refractivity contribution < 1.29 is 38.1 Å². The number of rotatable bonds is 16. The molecule has 5 N–H and O–H groups in total. The number of carbonyl (C=O) groups is 2. The van der Waals surface area contributed by atoms with Crippen LogP contribution in [0.4, 0.5) is 11.4 Å². The van der Waals surface area contributed by atoms with Gasteiger partial charge in [-0.1, -0.05) is 75.2 Å². The quantitative estimate of drug-likeness (QED) is 0.137. The van der Waals surface area contributed by atoms with Crippen LogP contribution in [0.1, 0.15) is 51.1 Å². The summed E-state index contributed by atoms with van der Waals surface area (Å²) in [6.07, 6.45) is 5.16. The molecule has 1 unspecified atom stereocenters. The molecule has 3 aromatic rings. The Kier molecular flexibility index (Phi) is 13.1. The number of hydrogen-bond donors (Lipinski definition) is 5. The average molecular weight is 714 g/mol. The monoisotopic (exact) mass is 713 g/mol. The zero-order valence-electron chi connectivity index (χ0n) is 28.2. The van der Waals surface area contributed by atoms with Gasteiger partial charge in [-0.25, -0.2) is 8.42 Å². The maximum atomic E-state index is 14.2. The van der Waals surface area contributed by atoms with Gasteiger partial charge in [-0.3, -0.25) is 9.59 Å². The first kappa shape index (κ1) is 38.2. The maximum absolute atomic E-state index is 14.2. The highest BCUT2D eigenvalue weighted by atomic mass is 32.2. The van der Waals surface area contributed by atoms with Crippen LogP contribution in [0.25, 0.3) is 0 Å². The number of nitrogens with one attached hydrogen (secondary N) is 2. The molecule has 0 radical (unpaired) electrons. The molecule has 49 heavy (non-hydrogen) atoms. The highest BCUT2D eigenvalue weighted by molar-refractivity contribution is 7.98. The first-order valence-electron chi connectivity index (χ1n) is 16.4. The first-order valence-corrected chi connectivity index (χ1v) is 19.3. The number of thioether (sulfide) groups is 1. The number of aliphatic hydroxyl groups excluding tert-OH is 3. The van der Waals surface area contributed by atoms with E-state index in [0.29, 0.717) is 29.1 Å². The van der Waals surface area contributed by atoms with Crippen molar-refractivity contribution in [2.24, 2.45) is 5.41 Å². The fraction of sp³-hybridized carbons (Fsp3) is 0.444. The summed E-state index contributed by atoms with van der Waals surface area (Å²) in [6, 6.07) is 20.2. The maximum Gasteiger partial charge on any atom is 0.258 e. The van der Waals surface area contributed by atoms with E-state index < -0.39 is 65.1 Å². The van der Waals surface area contributed by atoms with Crippen LogP contribution >= 0.6 is 11.8 Å². The number of carbonyl (C=O) groups excluding carboxylic acids is 2. The lowest BCUT2D eigenvalue weighted by molar-refractivity contribution is -0.132. The van der Waals surface area contributed by atoms with Gasteiger partial charge in [0.1, 0.15) is 17.3 Å². The zero-order valence-corrected chi connectivity index (χ0v) is 29.9. The minimum atomic E-state index is -3.79. The molecule has 0 aromatic heterocycles. The normalized spacial score (nSPS) is 17.8. The van der Waals surface area contributed by atoms with Gasteiger partial charge >= 0.3 is 0 Å². The van der Waals surface area contributed by atoms with Crippen LogP contribution in [0, 0.1) is 5.41 Å². The first-order chi connectivity index (χ1) is 23.5. The van der Waals surface area contributed by atoms with E-state index in [9.17, 15) is 33.3 Å². The van der Waals surface area contributed by atoms with Gasteiger partial charge in [0, 0.05) is 23.7 Å². The lowest BCUT2D eigenvalue weighted by Crippen LogP contribution is -2.59. The number of hydrogen-bond acceptors (Lipinski definition) is 10. The molecule has 13 heteroatoms. The van der Waals surface area contributed by atoms with Crippen LogP contribution in [0.2, 0.25) is 0 Å². The van der Waals surface area contributed by atoms with E-state index in [1.165, 1.54) is 17.8 Å². The van der Waals surface area contributed by atoms with Crippen LogP contribution < -0.4 is 20.3 Å². The molecule has 4 rings (SSSR count). The Hall–Kier alpha value is -3.62. The Morgan fingerprint density at radius 1 is 1.00 bits per heavy atom. The summed E-state index contributed by atoms with van der Waals surface area (Å²) in [5, 5.41) is 34.3. The number of benzene rings is 3. The van der Waals surface area contributed by atoms with Crippen molar-refractivity contribution in [3.63, 3.8) is 0 Å². The summed E-state index contributed by atoms with van der Waals surface area (Å²) in [4.78, 5) is 29.5. The zero-order chi connectivity index (χ0) is 35.7. The Morgan fingerprint density at radius 2 is 1.63 bits per heavy atom. The predicted molar refractivity (Wildman–Crippen MR) is 191 cm³/mol. The minimum absolute atomic E-state index is 0.0176. The van der Waals surface area contributed by atoms with Crippen molar-refractivity contribution in [3.8, 4) is 5.75 Å². The second kappa shape index (κ2) is 16.9. The van der Waals surface area contributed by atoms with E-state index in [-0.39, 0.29) is 16.4 Å². The highest BCUT2D eigenvalue weighted by Gasteiger charge is 2.42. The van der Waals surface area contributed by atoms with E-state index in [1.807, 2.05) is 49.6 Å². The summed E-state index contributed by atoms with van der Waals surface area (Å²) in [7, 11) is -3.79. The largest absolute Gasteiger partial charge is 0.483 e. The number of unbranched alkanes of at least 4 members (excludes halogenated alkanes) is 1. The number of sulfone groups is 1. The summed E-state index contributed by atoms with van der Waals surface area (Å²) in [6.45, 7) is 1.94. The fourth-order valence-corrected chi connectivity index (χ4v) is 8.76. The van der Waals surface area contributed by atoms with Gasteiger partial charge in [0.05, 0.1) is 41.1 Å². The molecule has 3 aromatic carbocycles. The Balaban J connectivity index is 1.66. The predicted octanol–water partition coefficient (Wildman–Crippen LogP) is 3.99. The number of amides is 2. The van der Waals surface area contributed by atoms with Gasteiger partial charge < -0.3 is 35.6 Å². The van der Waals surface area contributed by atoms with Gasteiger partial charge in [-0.15, -0.1) is 11.8 Å². The average Bonchev–Trinajstić information content (AvgIpc) is 3.22. The third-order valence-electron chi connectivity index (χ3n) is 9.09. The third-order valence-corrected chi connectivity index (χ3v) is 11.8. The van der Waals surface area contributed by atoms with E-state index in [1.54, 1.807) is 30.3 Å². The van der Waals surface area contributed by atoms with Crippen LogP contribution in [0.5, 0.6) is 5.75 Å². The molecular weight excluding hydrogens is 667 g/mol. The lowest BCUT2D eigenvalue weighted by atomic mass is 9.81. The summed E-state index contributed by atoms with van der Waals surface area (Å²) in [5.41, 5.74) is -0.323. The Morgan fingerprint density at radius 3 is 2.20 bits per heavy atom. The number of ether oxygens (including phenoxy) is 1. The van der Waals surface area contributed by atoms with Gasteiger partial charge in [-0.05, 0) is 42.9 Å². The Labute approximate surface area is 293 Å². The van der Waals surface area contributed by atoms with Crippen LogP contribution in [0.15, 0.2) is 82.6 Å². The minimum Gasteiger partial charge on any atom is -0.483 e. The van der Waals surface area contributed by atoms with E-state index >= 15 is 0 Å². The number of nitrogens with zero attached hydrogens (tertiary/aromatic N) is 1. The highest BCUT2D eigenvalue weighted by Crippen LogP contribution is 2.47. The number of para-hydroxylation sites is 1.